The van der Waals surface area contributed by atoms with Crippen molar-refractivity contribution in [3.05, 3.63) is 11.7 Å². The summed E-state index contributed by atoms with van der Waals surface area (Å²) in [5.41, 5.74) is 0. The summed E-state index contributed by atoms with van der Waals surface area (Å²) in [4.78, 5) is 4.25. The lowest BCUT2D eigenvalue weighted by molar-refractivity contribution is 0.116. The van der Waals surface area contributed by atoms with Gasteiger partial charge in [0.05, 0.1) is 18.3 Å². The molecule has 0 aromatic carbocycles. The summed E-state index contributed by atoms with van der Waals surface area (Å²) in [6.07, 6.45) is 0.0304. The van der Waals surface area contributed by atoms with Crippen LogP contribution in [0.25, 0.3) is 0 Å². The maximum atomic E-state index is 9.67. The van der Waals surface area contributed by atoms with Gasteiger partial charge >= 0.3 is 0 Å². The molecule has 0 bridgehead atoms. The number of aromatic nitrogens is 2. The smallest absolute Gasteiger partial charge is 0.229 e. The topological polar surface area (TPSA) is 59.2 Å². The maximum Gasteiger partial charge on any atom is 0.229 e. The summed E-state index contributed by atoms with van der Waals surface area (Å²) in [7, 11) is 0. The highest BCUT2D eigenvalue weighted by molar-refractivity contribution is 7.99. The third kappa shape index (κ3) is 4.53. The normalized spacial score (nSPS) is 13.7. The van der Waals surface area contributed by atoms with Gasteiger partial charge < -0.3 is 9.63 Å². The second-order valence-corrected chi connectivity index (χ2v) is 6.04. The highest BCUT2D eigenvalue weighted by Gasteiger charge is 2.15. The lowest BCUT2D eigenvalue weighted by Gasteiger charge is -2.10. The van der Waals surface area contributed by atoms with Gasteiger partial charge in [-0.2, -0.15) is 16.7 Å². The molecule has 5 heteroatoms. The van der Waals surface area contributed by atoms with Crippen molar-refractivity contribution < 1.29 is 9.63 Å². The Bertz CT molecular complexity index is 313. The highest BCUT2D eigenvalue weighted by atomic mass is 32.2. The Balaban J connectivity index is 2.45. The van der Waals surface area contributed by atoms with Gasteiger partial charge in [0.1, 0.15) is 0 Å². The molecule has 0 aliphatic carbocycles. The fourth-order valence-corrected chi connectivity index (χ4v) is 1.69. The molecule has 1 atom stereocenters. The van der Waals surface area contributed by atoms with Crippen LogP contribution in [0.2, 0.25) is 0 Å². The van der Waals surface area contributed by atoms with Crippen LogP contribution in [0, 0.1) is 5.92 Å². The van der Waals surface area contributed by atoms with Crippen LogP contribution in [0.3, 0.4) is 0 Å². The van der Waals surface area contributed by atoms with E-state index in [-0.39, 0.29) is 5.92 Å². The Kier molecular flexibility index (Phi) is 5.28. The summed E-state index contributed by atoms with van der Waals surface area (Å²) in [6, 6.07) is 0. The zero-order valence-corrected chi connectivity index (χ0v) is 11.1. The fraction of sp³-hybridized carbons (Fsp3) is 0.818. The van der Waals surface area contributed by atoms with Crippen molar-refractivity contribution in [2.75, 3.05) is 0 Å². The number of aliphatic hydroxyl groups is 1. The predicted octanol–water partition coefficient (Wildman–Crippen LogP) is 2.27. The van der Waals surface area contributed by atoms with Gasteiger partial charge in [0.2, 0.25) is 5.89 Å². The van der Waals surface area contributed by atoms with Crippen molar-refractivity contribution >= 4 is 11.8 Å². The highest BCUT2D eigenvalue weighted by Crippen LogP contribution is 2.15. The van der Waals surface area contributed by atoms with Crippen molar-refractivity contribution in [1.29, 1.82) is 0 Å². The van der Waals surface area contributed by atoms with Crippen molar-refractivity contribution in [1.82, 2.24) is 10.1 Å². The Hall–Kier alpha value is -0.550. The largest absolute Gasteiger partial charge is 0.392 e. The third-order valence-corrected chi connectivity index (χ3v) is 3.30. The molecular weight excluding hydrogens is 224 g/mol. The molecule has 1 aromatic heterocycles. The number of hydrogen-bond donors (Lipinski definition) is 1. The van der Waals surface area contributed by atoms with Crippen LogP contribution < -0.4 is 0 Å². The molecule has 0 saturated heterocycles. The van der Waals surface area contributed by atoms with Crippen LogP contribution >= 0.6 is 11.8 Å². The number of nitrogens with zero attached hydrogens (tertiary/aromatic N) is 2. The molecule has 0 aliphatic heterocycles. The Morgan fingerprint density at radius 3 is 2.56 bits per heavy atom. The summed E-state index contributed by atoms with van der Waals surface area (Å²) in [5.74, 6) is 2.21. The predicted molar refractivity (Wildman–Crippen MR) is 65.3 cm³/mol. The van der Waals surface area contributed by atoms with Crippen LogP contribution in [0.4, 0.5) is 0 Å². The Labute approximate surface area is 101 Å². The van der Waals surface area contributed by atoms with Gasteiger partial charge in [0.15, 0.2) is 5.82 Å². The average molecular weight is 244 g/mol. The minimum absolute atomic E-state index is 0.209. The van der Waals surface area contributed by atoms with E-state index < -0.39 is 6.10 Å². The van der Waals surface area contributed by atoms with Gasteiger partial charge in [-0.25, -0.2) is 0 Å². The first-order valence-corrected chi connectivity index (χ1v) is 6.65. The molecule has 0 radical (unpaired) electrons. The molecular formula is C11H20N2O2S. The Morgan fingerprint density at radius 2 is 2.00 bits per heavy atom. The summed E-state index contributed by atoms with van der Waals surface area (Å²) in [6.45, 7) is 8.20. The average Bonchev–Trinajstić information content (AvgIpc) is 2.62. The van der Waals surface area contributed by atoms with Crippen molar-refractivity contribution in [3.8, 4) is 0 Å². The molecule has 1 unspecified atom stereocenters. The van der Waals surface area contributed by atoms with Crippen molar-refractivity contribution in [2.45, 2.75) is 51.2 Å². The van der Waals surface area contributed by atoms with Crippen LogP contribution in [0.15, 0.2) is 4.52 Å². The lowest BCUT2D eigenvalue weighted by Crippen LogP contribution is -2.17. The van der Waals surface area contributed by atoms with Gasteiger partial charge in [-0.15, -0.1) is 0 Å². The van der Waals surface area contributed by atoms with E-state index in [9.17, 15) is 5.11 Å². The fourth-order valence-electron chi connectivity index (χ4n) is 1.09. The number of hydrogen-bond acceptors (Lipinski definition) is 5. The molecule has 1 heterocycles. The van der Waals surface area contributed by atoms with Gasteiger partial charge in [-0.05, 0) is 11.2 Å². The summed E-state index contributed by atoms with van der Waals surface area (Å²) < 4.78 is 5.08. The summed E-state index contributed by atoms with van der Waals surface area (Å²) in [5, 5.41) is 14.1. The quantitative estimate of drug-likeness (QED) is 0.832. The van der Waals surface area contributed by atoms with E-state index in [1.807, 2.05) is 13.8 Å². The first-order valence-electron chi connectivity index (χ1n) is 5.60. The molecule has 92 valence electrons. The van der Waals surface area contributed by atoms with Gasteiger partial charge in [-0.3, -0.25) is 0 Å². The molecule has 4 nitrogen and oxygen atoms in total. The number of aliphatic hydroxyl groups excluding tert-OH is 1. The molecule has 0 amide bonds. The van der Waals surface area contributed by atoms with Crippen LogP contribution in [-0.2, 0) is 12.2 Å². The monoisotopic (exact) mass is 244 g/mol. The summed E-state index contributed by atoms with van der Waals surface area (Å²) >= 11 is 1.78. The molecule has 0 aliphatic rings. The van der Waals surface area contributed by atoms with E-state index in [4.69, 9.17) is 4.52 Å². The molecule has 0 spiro atoms. The SMILES string of the molecule is CC(C)SCc1noc(CC(O)C(C)C)n1. The first-order chi connectivity index (χ1) is 7.49. The van der Waals surface area contributed by atoms with Gasteiger partial charge in [0.25, 0.3) is 0 Å². The van der Waals surface area contributed by atoms with Gasteiger partial charge in [0, 0.05) is 0 Å². The second-order valence-electron chi connectivity index (χ2n) is 4.48. The molecule has 0 saturated carbocycles. The van der Waals surface area contributed by atoms with Crippen LogP contribution in [0.1, 0.15) is 39.4 Å². The molecule has 1 N–H and O–H groups in total. The zero-order valence-electron chi connectivity index (χ0n) is 10.3. The minimum Gasteiger partial charge on any atom is -0.392 e. The molecule has 0 fully saturated rings. The van der Waals surface area contributed by atoms with Gasteiger partial charge in [-0.1, -0.05) is 32.9 Å². The zero-order chi connectivity index (χ0) is 12.1. The number of thioether (sulfide) groups is 1. The third-order valence-electron chi connectivity index (χ3n) is 2.21. The first kappa shape index (κ1) is 13.5. The van der Waals surface area contributed by atoms with Crippen LogP contribution in [-0.4, -0.2) is 26.6 Å². The maximum absolute atomic E-state index is 9.67. The molecule has 16 heavy (non-hydrogen) atoms. The van der Waals surface area contributed by atoms with E-state index in [0.717, 1.165) is 5.75 Å². The van der Waals surface area contributed by atoms with Crippen LogP contribution in [0.5, 0.6) is 0 Å². The van der Waals surface area contributed by atoms with E-state index in [0.29, 0.717) is 23.4 Å². The molecule has 1 rings (SSSR count). The molecule has 1 aromatic rings. The standard InChI is InChI=1S/C11H20N2O2S/c1-7(2)9(14)5-11-12-10(13-15-11)6-16-8(3)4/h7-9,14H,5-6H2,1-4H3. The second kappa shape index (κ2) is 6.25. The van der Waals surface area contributed by atoms with Crippen molar-refractivity contribution in [2.24, 2.45) is 5.92 Å². The van der Waals surface area contributed by atoms with E-state index >= 15 is 0 Å². The van der Waals surface area contributed by atoms with E-state index in [1.54, 1.807) is 11.8 Å². The number of rotatable bonds is 6. The van der Waals surface area contributed by atoms with E-state index in [1.165, 1.54) is 0 Å². The van der Waals surface area contributed by atoms with Crippen molar-refractivity contribution in [3.63, 3.8) is 0 Å². The van der Waals surface area contributed by atoms with E-state index in [2.05, 4.69) is 24.0 Å². The minimum atomic E-state index is -0.411. The lowest BCUT2D eigenvalue weighted by atomic mass is 10.0. The Morgan fingerprint density at radius 1 is 1.31 bits per heavy atom.